The summed E-state index contributed by atoms with van der Waals surface area (Å²) in [5.74, 6) is -2.19. The minimum absolute atomic E-state index is 0.00842. The van der Waals surface area contributed by atoms with E-state index in [1.165, 1.54) is 5.06 Å². The van der Waals surface area contributed by atoms with Gasteiger partial charge in [0.1, 0.15) is 17.8 Å². The van der Waals surface area contributed by atoms with Crippen molar-refractivity contribution in [3.8, 4) is 0 Å². The summed E-state index contributed by atoms with van der Waals surface area (Å²) in [7, 11) is 0. The SMILES string of the molecule is CC1(C)CC(n2cc(CNC(=O)[C@@H](CC(N)=O)NC(=O)[C@@H]3Cc4c([nH]c5ccccc45)CN3C(=O)[C@@H]3Cc4c([nH]c5ccccc45)CN3)nn2)CC(C)(C)N1O. The Bertz CT molecular complexity index is 2320. The number of aromatic nitrogens is 5. The van der Waals surface area contributed by atoms with Crippen molar-refractivity contribution in [2.45, 2.75) is 115 Å². The van der Waals surface area contributed by atoms with Crippen LogP contribution in [0.25, 0.3) is 21.8 Å². The number of piperidine rings is 1. The molecule has 8 rings (SSSR count). The van der Waals surface area contributed by atoms with Gasteiger partial charge >= 0.3 is 0 Å². The van der Waals surface area contributed by atoms with E-state index >= 15 is 0 Å². The molecule has 0 radical (unpaired) electrons. The molecular weight excluding hydrogens is 715 g/mol. The number of para-hydroxylation sites is 2. The fourth-order valence-electron chi connectivity index (χ4n) is 9.15. The number of hydroxylamine groups is 2. The van der Waals surface area contributed by atoms with Gasteiger partial charge in [-0.1, -0.05) is 41.6 Å². The minimum atomic E-state index is -1.30. The average molecular weight is 764 g/mol. The Morgan fingerprint density at radius 3 is 2.21 bits per heavy atom. The fourth-order valence-corrected chi connectivity index (χ4v) is 9.15. The molecule has 3 aliphatic rings. The van der Waals surface area contributed by atoms with Crippen LogP contribution < -0.4 is 21.7 Å². The quantitative estimate of drug-likeness (QED) is 0.117. The molecule has 0 bridgehead atoms. The predicted octanol–water partition coefficient (Wildman–Crippen LogP) is 2.47. The van der Waals surface area contributed by atoms with E-state index in [1.54, 1.807) is 15.8 Å². The van der Waals surface area contributed by atoms with Crippen LogP contribution in [-0.2, 0) is 51.7 Å². The summed E-state index contributed by atoms with van der Waals surface area (Å²) in [6, 6.07) is 12.9. The normalized spacial score (nSPS) is 21.3. The van der Waals surface area contributed by atoms with Crippen LogP contribution in [-0.4, -0.2) is 93.0 Å². The van der Waals surface area contributed by atoms with E-state index in [2.05, 4.69) is 36.2 Å². The predicted molar refractivity (Wildman–Crippen MR) is 207 cm³/mol. The first-order valence-electron chi connectivity index (χ1n) is 19.2. The Morgan fingerprint density at radius 2 is 1.55 bits per heavy atom. The zero-order valence-electron chi connectivity index (χ0n) is 32.1. The highest BCUT2D eigenvalue weighted by Gasteiger charge is 2.46. The highest BCUT2D eigenvalue weighted by molar-refractivity contribution is 5.97. The second-order valence-corrected chi connectivity index (χ2v) is 16.7. The number of H-pyrrole nitrogens is 2. The molecule has 1 fully saturated rings. The van der Waals surface area contributed by atoms with E-state index in [4.69, 9.17) is 5.73 Å². The number of carbonyl (C=O) groups excluding carboxylic acids is 4. The molecule has 1 saturated heterocycles. The van der Waals surface area contributed by atoms with Gasteiger partial charge in [0.15, 0.2) is 0 Å². The van der Waals surface area contributed by atoms with E-state index in [0.717, 1.165) is 44.3 Å². The molecule has 0 spiro atoms. The van der Waals surface area contributed by atoms with Crippen molar-refractivity contribution in [2.24, 2.45) is 5.73 Å². The van der Waals surface area contributed by atoms with Gasteiger partial charge in [0.2, 0.25) is 23.6 Å². The molecule has 0 unspecified atom stereocenters. The number of carbonyl (C=O) groups is 4. The van der Waals surface area contributed by atoms with Crippen molar-refractivity contribution >= 4 is 45.4 Å². The fraction of sp³-hybridized carbons (Fsp3) is 0.450. The molecule has 8 N–H and O–H groups in total. The molecule has 5 aromatic rings. The molecule has 0 saturated carbocycles. The van der Waals surface area contributed by atoms with Crippen LogP contribution >= 0.6 is 0 Å². The number of rotatable bonds is 9. The lowest BCUT2D eigenvalue weighted by molar-refractivity contribution is -0.249. The Balaban J connectivity index is 0.999. The summed E-state index contributed by atoms with van der Waals surface area (Å²) in [5, 5.41) is 31.7. The third-order valence-electron chi connectivity index (χ3n) is 11.8. The standard InChI is InChI=1S/C40H49N11O5/c1-39(2)16-23(17-40(3,4)51(39)56)50-20-22(47-48-50)18-43-36(53)30(15-35(41)52)46-37(54)34-14-27-25-10-6-8-12-29(25)45-33(27)21-49(34)38(55)31-13-26-24-9-5-7-11-28(24)44-32(26)19-42-31/h5-12,20,23,30-31,34,42,44-45,56H,13-19,21H2,1-4H3,(H2,41,52)(H,43,53)(H,46,54)/t30-,31+,34+/m1/s1. The molecule has 3 aliphatic heterocycles. The van der Waals surface area contributed by atoms with Crippen molar-refractivity contribution < 1.29 is 24.4 Å². The van der Waals surface area contributed by atoms with E-state index in [-0.39, 0.29) is 31.5 Å². The maximum atomic E-state index is 14.5. The molecule has 6 heterocycles. The summed E-state index contributed by atoms with van der Waals surface area (Å²) in [5.41, 5.74) is 10.9. The van der Waals surface area contributed by atoms with E-state index in [1.807, 2.05) is 76.2 Å². The Labute approximate surface area is 323 Å². The topological polar surface area (TPSA) is 219 Å². The van der Waals surface area contributed by atoms with Crippen molar-refractivity contribution in [2.75, 3.05) is 0 Å². The van der Waals surface area contributed by atoms with Gasteiger partial charge in [-0.05, 0) is 70.2 Å². The van der Waals surface area contributed by atoms with Gasteiger partial charge < -0.3 is 36.4 Å². The van der Waals surface area contributed by atoms with Crippen LogP contribution in [0.1, 0.15) is 81.2 Å². The summed E-state index contributed by atoms with van der Waals surface area (Å²) in [4.78, 5) is 63.2. The van der Waals surface area contributed by atoms with Gasteiger partial charge in [-0.15, -0.1) is 5.10 Å². The maximum absolute atomic E-state index is 14.5. The van der Waals surface area contributed by atoms with Crippen LogP contribution in [0.3, 0.4) is 0 Å². The van der Waals surface area contributed by atoms with Crippen molar-refractivity contribution in [3.05, 3.63) is 82.9 Å². The van der Waals surface area contributed by atoms with Crippen molar-refractivity contribution in [1.29, 1.82) is 0 Å². The second kappa shape index (κ2) is 14.2. The third kappa shape index (κ3) is 6.92. The first-order chi connectivity index (χ1) is 26.7. The van der Waals surface area contributed by atoms with Gasteiger partial charge in [0, 0.05) is 57.2 Å². The lowest BCUT2D eigenvalue weighted by Gasteiger charge is -2.51. The molecule has 0 aliphatic carbocycles. The largest absolute Gasteiger partial charge is 0.370 e. The van der Waals surface area contributed by atoms with Gasteiger partial charge in [-0.25, -0.2) is 4.68 Å². The van der Waals surface area contributed by atoms with E-state index < -0.39 is 53.3 Å². The smallest absolute Gasteiger partial charge is 0.243 e. The lowest BCUT2D eigenvalue weighted by Crippen LogP contribution is -2.60. The molecule has 4 amide bonds. The maximum Gasteiger partial charge on any atom is 0.243 e. The third-order valence-corrected chi connectivity index (χ3v) is 11.8. The number of nitrogens with two attached hydrogens (primary N) is 1. The first-order valence-corrected chi connectivity index (χ1v) is 19.2. The molecule has 3 aromatic heterocycles. The molecule has 3 atom stereocenters. The van der Waals surface area contributed by atoms with Crippen LogP contribution in [0.5, 0.6) is 0 Å². The van der Waals surface area contributed by atoms with Gasteiger partial charge in [0.05, 0.1) is 37.8 Å². The summed E-state index contributed by atoms with van der Waals surface area (Å²) >= 11 is 0. The number of hydrogen-bond acceptors (Lipinski definition) is 9. The molecule has 294 valence electrons. The molecule has 56 heavy (non-hydrogen) atoms. The summed E-state index contributed by atoms with van der Waals surface area (Å²) in [6.45, 7) is 8.51. The van der Waals surface area contributed by atoms with Crippen LogP contribution in [0, 0.1) is 0 Å². The van der Waals surface area contributed by atoms with Crippen LogP contribution in [0.2, 0.25) is 0 Å². The average Bonchev–Trinajstić information content (AvgIpc) is 3.89. The van der Waals surface area contributed by atoms with Crippen LogP contribution in [0.4, 0.5) is 0 Å². The number of hydrogen-bond donors (Lipinski definition) is 7. The molecular formula is C40H49N11O5. The number of amides is 4. The minimum Gasteiger partial charge on any atom is -0.370 e. The zero-order chi connectivity index (χ0) is 39.5. The number of benzene rings is 2. The number of aromatic amines is 2. The highest BCUT2D eigenvalue weighted by Crippen LogP contribution is 2.42. The van der Waals surface area contributed by atoms with E-state index in [0.29, 0.717) is 31.5 Å². The number of primary amides is 1. The Morgan fingerprint density at radius 1 is 0.929 bits per heavy atom. The zero-order valence-corrected chi connectivity index (χ0v) is 32.1. The van der Waals surface area contributed by atoms with Crippen molar-refractivity contribution in [3.63, 3.8) is 0 Å². The molecule has 16 nitrogen and oxygen atoms in total. The number of nitrogens with zero attached hydrogens (tertiary/aromatic N) is 5. The molecule has 16 heteroatoms. The van der Waals surface area contributed by atoms with Gasteiger partial charge in [-0.2, -0.15) is 5.06 Å². The Hall–Kier alpha value is -5.58. The van der Waals surface area contributed by atoms with Gasteiger partial charge in [0.25, 0.3) is 0 Å². The van der Waals surface area contributed by atoms with Crippen molar-refractivity contribution in [1.82, 2.24) is 50.9 Å². The summed E-state index contributed by atoms with van der Waals surface area (Å²) in [6.07, 6.45) is 3.23. The van der Waals surface area contributed by atoms with E-state index in [9.17, 15) is 24.4 Å². The Kier molecular flexibility index (Phi) is 9.45. The highest BCUT2D eigenvalue weighted by atomic mass is 16.5. The number of nitrogens with one attached hydrogen (secondary N) is 5. The molecule has 2 aromatic carbocycles. The summed E-state index contributed by atoms with van der Waals surface area (Å²) < 4.78 is 1.76. The van der Waals surface area contributed by atoms with Crippen LogP contribution in [0.15, 0.2) is 54.7 Å². The number of fused-ring (bicyclic) bond motifs is 6. The first kappa shape index (κ1) is 37.3. The second-order valence-electron chi connectivity index (χ2n) is 16.7. The monoisotopic (exact) mass is 763 g/mol. The van der Waals surface area contributed by atoms with Gasteiger partial charge in [-0.3, -0.25) is 24.5 Å². The lowest BCUT2D eigenvalue weighted by atomic mass is 9.79.